The number of carbonyl (C=O) groups excluding carboxylic acids is 1. The highest BCUT2D eigenvalue weighted by Crippen LogP contribution is 2.24. The van der Waals surface area contributed by atoms with Crippen LogP contribution in [0.3, 0.4) is 0 Å². The van der Waals surface area contributed by atoms with Crippen molar-refractivity contribution in [1.29, 1.82) is 0 Å². The van der Waals surface area contributed by atoms with Gasteiger partial charge in [0.25, 0.3) is 0 Å². The zero-order valence-electron chi connectivity index (χ0n) is 18.0. The number of aromatic carboxylic acids is 1. The Kier molecular flexibility index (Phi) is 7.47. The van der Waals surface area contributed by atoms with E-state index in [0.717, 1.165) is 23.1 Å². The van der Waals surface area contributed by atoms with Crippen molar-refractivity contribution in [3.05, 3.63) is 76.9 Å². The molecule has 0 spiro atoms. The number of carboxylic acids is 1. The molecule has 0 aromatic heterocycles. The van der Waals surface area contributed by atoms with Gasteiger partial charge in [0.2, 0.25) is 5.91 Å². The summed E-state index contributed by atoms with van der Waals surface area (Å²) < 4.78 is 5.34. The Morgan fingerprint density at radius 3 is 2.81 bits per heavy atom. The quantitative estimate of drug-likeness (QED) is 0.604. The fourth-order valence-corrected chi connectivity index (χ4v) is 3.98. The maximum Gasteiger partial charge on any atom is 0.335 e. The van der Waals surface area contributed by atoms with Crippen LogP contribution in [-0.4, -0.2) is 52.8 Å². The van der Waals surface area contributed by atoms with Crippen LogP contribution < -0.4 is 4.74 Å². The lowest BCUT2D eigenvalue weighted by atomic mass is 10.0. The molecule has 1 amide bonds. The van der Waals surface area contributed by atoms with Crippen LogP contribution >= 0.6 is 0 Å². The van der Waals surface area contributed by atoms with Gasteiger partial charge in [-0.05, 0) is 43.0 Å². The summed E-state index contributed by atoms with van der Waals surface area (Å²) in [5.74, 6) is -0.412. The Morgan fingerprint density at radius 1 is 1.29 bits per heavy atom. The third-order valence-corrected chi connectivity index (χ3v) is 5.61. The molecular formula is C25H29NO5. The van der Waals surface area contributed by atoms with Crippen molar-refractivity contribution in [3.63, 3.8) is 0 Å². The molecule has 0 saturated carbocycles. The number of carbonyl (C=O) groups is 2. The van der Waals surface area contributed by atoms with Crippen LogP contribution in [0, 0.1) is 6.92 Å². The van der Waals surface area contributed by atoms with Crippen molar-refractivity contribution in [1.82, 2.24) is 4.90 Å². The zero-order valence-corrected chi connectivity index (χ0v) is 18.0. The second-order valence-corrected chi connectivity index (χ2v) is 7.92. The molecule has 1 saturated heterocycles. The molecule has 6 nitrogen and oxygen atoms in total. The molecule has 6 heteroatoms. The minimum Gasteiger partial charge on any atom is -0.496 e. The number of methoxy groups -OCH3 is 1. The zero-order chi connectivity index (χ0) is 22.4. The van der Waals surface area contributed by atoms with E-state index in [1.165, 1.54) is 13.2 Å². The predicted molar refractivity (Wildman–Crippen MR) is 118 cm³/mol. The van der Waals surface area contributed by atoms with E-state index in [2.05, 4.69) is 6.07 Å². The number of ether oxygens (including phenoxy) is 1. The number of rotatable bonds is 9. The maximum atomic E-state index is 12.4. The number of hydrogen-bond acceptors (Lipinski definition) is 4. The summed E-state index contributed by atoms with van der Waals surface area (Å²) in [5.41, 5.74) is 3.26. The number of nitrogens with zero attached hydrogens (tertiary/aromatic N) is 1. The molecule has 164 valence electrons. The molecule has 2 N–H and O–H groups in total. The molecule has 0 aliphatic carbocycles. The second-order valence-electron chi connectivity index (χ2n) is 7.92. The minimum atomic E-state index is -1.01. The number of carboxylic acid groups (broad SMARTS) is 1. The smallest absolute Gasteiger partial charge is 0.335 e. The molecule has 2 atom stereocenters. The van der Waals surface area contributed by atoms with Crippen molar-refractivity contribution in [2.24, 2.45) is 0 Å². The molecule has 31 heavy (non-hydrogen) atoms. The molecule has 2 aromatic rings. The molecule has 0 unspecified atom stereocenters. The van der Waals surface area contributed by atoms with Gasteiger partial charge in [0.1, 0.15) is 5.75 Å². The van der Waals surface area contributed by atoms with Gasteiger partial charge in [0.05, 0.1) is 24.8 Å². The molecule has 1 aliphatic heterocycles. The highest BCUT2D eigenvalue weighted by molar-refractivity contribution is 5.88. The van der Waals surface area contributed by atoms with Crippen molar-refractivity contribution in [2.45, 2.75) is 44.8 Å². The third kappa shape index (κ3) is 5.95. The third-order valence-electron chi connectivity index (χ3n) is 5.61. The Balaban J connectivity index is 1.62. The standard InChI is InChI=1S/C25H29NO5/c1-17-4-3-5-18(14-17)15-22(27)10-8-21-9-11-24(28)26(21)13-12-19-6-7-20(25(29)30)16-23(19)31-2/h3-8,10,14,16,21-22,27H,9,11-13,15H2,1-2H3,(H,29,30)/b10-8+/t21-,22+/m0/s1. The molecule has 3 rings (SSSR count). The first-order valence-corrected chi connectivity index (χ1v) is 10.5. The van der Waals surface area contributed by atoms with E-state index in [9.17, 15) is 14.7 Å². The molecule has 2 aromatic carbocycles. The number of amides is 1. The van der Waals surface area contributed by atoms with E-state index >= 15 is 0 Å². The van der Waals surface area contributed by atoms with Gasteiger partial charge < -0.3 is 19.8 Å². The number of likely N-dealkylation sites (tertiary alicyclic amines) is 1. The fraction of sp³-hybridized carbons (Fsp3) is 0.360. The lowest BCUT2D eigenvalue weighted by Gasteiger charge is -2.23. The summed E-state index contributed by atoms with van der Waals surface area (Å²) in [6.07, 6.45) is 5.40. The number of aryl methyl sites for hydroxylation is 1. The molecule has 1 heterocycles. The van der Waals surface area contributed by atoms with E-state index in [1.807, 2.05) is 36.1 Å². The number of benzene rings is 2. The fourth-order valence-electron chi connectivity index (χ4n) is 3.98. The highest BCUT2D eigenvalue weighted by Gasteiger charge is 2.29. The highest BCUT2D eigenvalue weighted by atomic mass is 16.5. The van der Waals surface area contributed by atoms with Gasteiger partial charge in [-0.3, -0.25) is 4.79 Å². The van der Waals surface area contributed by atoms with E-state index in [1.54, 1.807) is 18.2 Å². The summed E-state index contributed by atoms with van der Waals surface area (Å²) in [7, 11) is 1.51. The van der Waals surface area contributed by atoms with Crippen LogP contribution in [0.25, 0.3) is 0 Å². The van der Waals surface area contributed by atoms with Crippen molar-refractivity contribution >= 4 is 11.9 Å². The maximum absolute atomic E-state index is 12.4. The van der Waals surface area contributed by atoms with Crippen LogP contribution in [-0.2, 0) is 17.6 Å². The first kappa shape index (κ1) is 22.6. The van der Waals surface area contributed by atoms with Gasteiger partial charge in [0, 0.05) is 19.4 Å². The summed E-state index contributed by atoms with van der Waals surface area (Å²) in [6, 6.07) is 12.8. The Morgan fingerprint density at radius 2 is 2.10 bits per heavy atom. The van der Waals surface area contributed by atoms with Crippen molar-refractivity contribution < 1.29 is 24.5 Å². The Labute approximate surface area is 182 Å². The van der Waals surface area contributed by atoms with Crippen LogP contribution in [0.5, 0.6) is 5.75 Å². The summed E-state index contributed by atoms with van der Waals surface area (Å²) >= 11 is 0. The minimum absolute atomic E-state index is 0.0519. The summed E-state index contributed by atoms with van der Waals surface area (Å²) in [5, 5.41) is 19.5. The monoisotopic (exact) mass is 423 g/mol. The molecular weight excluding hydrogens is 394 g/mol. The van der Waals surface area contributed by atoms with E-state index < -0.39 is 12.1 Å². The van der Waals surface area contributed by atoms with E-state index in [0.29, 0.717) is 31.6 Å². The average molecular weight is 424 g/mol. The molecule has 0 bridgehead atoms. The lowest BCUT2D eigenvalue weighted by molar-refractivity contribution is -0.128. The van der Waals surface area contributed by atoms with Gasteiger partial charge in [-0.2, -0.15) is 0 Å². The number of aliphatic hydroxyl groups is 1. The van der Waals surface area contributed by atoms with Gasteiger partial charge in [-0.15, -0.1) is 0 Å². The van der Waals surface area contributed by atoms with Crippen LogP contribution in [0.2, 0.25) is 0 Å². The molecule has 1 aliphatic rings. The molecule has 0 radical (unpaired) electrons. The van der Waals surface area contributed by atoms with Crippen LogP contribution in [0.1, 0.15) is 39.9 Å². The second kappa shape index (κ2) is 10.3. The van der Waals surface area contributed by atoms with Crippen molar-refractivity contribution in [3.8, 4) is 5.75 Å². The van der Waals surface area contributed by atoms with Crippen LogP contribution in [0.15, 0.2) is 54.6 Å². The lowest BCUT2D eigenvalue weighted by Crippen LogP contribution is -2.33. The Bertz CT molecular complexity index is 968. The Hall–Kier alpha value is -3.12. The van der Waals surface area contributed by atoms with Crippen molar-refractivity contribution in [2.75, 3.05) is 13.7 Å². The predicted octanol–water partition coefficient (Wildman–Crippen LogP) is 3.40. The van der Waals surface area contributed by atoms with Gasteiger partial charge in [-0.1, -0.05) is 48.0 Å². The SMILES string of the molecule is COc1cc(C(=O)O)ccc1CCN1C(=O)CC[C@@H]1/C=C/[C@@H](O)Cc1cccc(C)c1. The summed E-state index contributed by atoms with van der Waals surface area (Å²) in [4.78, 5) is 25.4. The molecule has 1 fully saturated rings. The summed E-state index contributed by atoms with van der Waals surface area (Å²) in [6.45, 7) is 2.53. The first-order valence-electron chi connectivity index (χ1n) is 10.5. The van der Waals surface area contributed by atoms with Gasteiger partial charge in [-0.25, -0.2) is 4.79 Å². The average Bonchev–Trinajstić information content (AvgIpc) is 3.10. The van der Waals surface area contributed by atoms with E-state index in [4.69, 9.17) is 9.84 Å². The van der Waals surface area contributed by atoms with Gasteiger partial charge >= 0.3 is 5.97 Å². The topological polar surface area (TPSA) is 87.1 Å². The van der Waals surface area contributed by atoms with E-state index in [-0.39, 0.29) is 17.5 Å². The normalized spacial score (nSPS) is 17.3. The van der Waals surface area contributed by atoms with Gasteiger partial charge in [0.15, 0.2) is 0 Å². The number of aliphatic hydroxyl groups excluding tert-OH is 1. The largest absolute Gasteiger partial charge is 0.496 e. The first-order chi connectivity index (χ1) is 14.9. The number of hydrogen-bond donors (Lipinski definition) is 2. The van der Waals surface area contributed by atoms with Crippen LogP contribution in [0.4, 0.5) is 0 Å².